The lowest BCUT2D eigenvalue weighted by Gasteiger charge is -2.18. The van der Waals surface area contributed by atoms with E-state index in [9.17, 15) is 0 Å². The van der Waals surface area contributed by atoms with Crippen molar-refractivity contribution in [1.29, 1.82) is 0 Å². The minimum Gasteiger partial charge on any atom is -0.331 e. The molecule has 1 unspecified atom stereocenters. The Morgan fingerprint density at radius 3 is 2.28 bits per heavy atom. The van der Waals surface area contributed by atoms with Gasteiger partial charge in [-0.1, -0.05) is 36.4 Å². The Balaban J connectivity index is 2.24. The Morgan fingerprint density at radius 1 is 1.00 bits per heavy atom. The maximum atomic E-state index is 2.28. The van der Waals surface area contributed by atoms with Gasteiger partial charge in [-0.25, -0.2) is 0 Å². The van der Waals surface area contributed by atoms with Gasteiger partial charge in [-0.3, -0.25) is 0 Å². The summed E-state index contributed by atoms with van der Waals surface area (Å²) in [5, 5.41) is 0. The highest BCUT2D eigenvalue weighted by Crippen LogP contribution is 1.99. The highest BCUT2D eigenvalue weighted by molar-refractivity contribution is 5.48. The zero-order chi connectivity index (χ0) is 13.2. The van der Waals surface area contributed by atoms with Crippen molar-refractivity contribution in [2.45, 2.75) is 13.8 Å². The zero-order valence-corrected chi connectivity index (χ0v) is 12.1. The molecule has 0 aliphatic rings. The van der Waals surface area contributed by atoms with E-state index < -0.39 is 0 Å². The molecule has 0 bridgehead atoms. The molecule has 100 valence electrons. The zero-order valence-electron chi connectivity index (χ0n) is 12.1. The van der Waals surface area contributed by atoms with Crippen molar-refractivity contribution in [2.24, 2.45) is 0 Å². The quantitative estimate of drug-likeness (QED) is 0.648. The van der Waals surface area contributed by atoms with Gasteiger partial charge in [-0.2, -0.15) is 0 Å². The first-order chi connectivity index (χ1) is 8.76. The van der Waals surface area contributed by atoms with Gasteiger partial charge in [0.05, 0.1) is 26.7 Å². The fourth-order valence-corrected chi connectivity index (χ4v) is 2.06. The van der Waals surface area contributed by atoms with Crippen molar-refractivity contribution in [1.82, 2.24) is 0 Å². The van der Waals surface area contributed by atoms with Crippen LogP contribution in [0.2, 0.25) is 0 Å². The first-order valence-corrected chi connectivity index (χ1v) is 7.12. The highest BCUT2D eigenvalue weighted by atomic mass is 15.2. The van der Waals surface area contributed by atoms with Crippen LogP contribution >= 0.6 is 0 Å². The topological polar surface area (TPSA) is 8.88 Å². The van der Waals surface area contributed by atoms with Gasteiger partial charge in [0.2, 0.25) is 0 Å². The molecule has 2 nitrogen and oxygen atoms in total. The van der Waals surface area contributed by atoms with Gasteiger partial charge in [0.1, 0.15) is 13.1 Å². The van der Waals surface area contributed by atoms with Gasteiger partial charge < -0.3 is 9.80 Å². The van der Waals surface area contributed by atoms with E-state index in [4.69, 9.17) is 0 Å². The van der Waals surface area contributed by atoms with E-state index in [1.54, 1.807) is 9.80 Å². The minimum absolute atomic E-state index is 1.11. The van der Waals surface area contributed by atoms with Gasteiger partial charge in [0, 0.05) is 0 Å². The van der Waals surface area contributed by atoms with Crippen LogP contribution in [0.15, 0.2) is 36.4 Å². The number of quaternary nitrogens is 2. The maximum Gasteiger partial charge on any atom is 0.127 e. The van der Waals surface area contributed by atoms with Crippen LogP contribution in [-0.2, 0) is 0 Å². The minimum atomic E-state index is 1.11. The molecule has 1 aromatic carbocycles. The average molecular weight is 248 g/mol. The normalized spacial score (nSPS) is 13.3. The third-order valence-corrected chi connectivity index (χ3v) is 3.48. The monoisotopic (exact) mass is 248 g/mol. The summed E-state index contributed by atoms with van der Waals surface area (Å²) in [7, 11) is 2.28. The number of benzene rings is 1. The number of rotatable bonds is 8. The first-order valence-electron chi connectivity index (χ1n) is 7.12. The predicted molar refractivity (Wildman–Crippen MR) is 79.0 cm³/mol. The Labute approximate surface area is 112 Å². The molecule has 0 fully saturated rings. The maximum absolute atomic E-state index is 2.28. The van der Waals surface area contributed by atoms with Gasteiger partial charge >= 0.3 is 0 Å². The van der Waals surface area contributed by atoms with Crippen LogP contribution in [0.1, 0.15) is 19.4 Å². The number of hydrogen-bond donors (Lipinski definition) is 2. The third kappa shape index (κ3) is 5.99. The summed E-state index contributed by atoms with van der Waals surface area (Å²) in [6.45, 7) is 10.6. The molecule has 2 heteroatoms. The van der Waals surface area contributed by atoms with E-state index in [2.05, 4.69) is 63.4 Å². The molecule has 1 aromatic rings. The van der Waals surface area contributed by atoms with Gasteiger partial charge in [0.25, 0.3) is 0 Å². The smallest absolute Gasteiger partial charge is 0.127 e. The Hall–Kier alpha value is -1.12. The van der Waals surface area contributed by atoms with Crippen LogP contribution in [0, 0.1) is 0 Å². The van der Waals surface area contributed by atoms with Crippen molar-refractivity contribution in [3.8, 4) is 0 Å². The molecule has 0 aliphatic heterocycles. The van der Waals surface area contributed by atoms with Crippen LogP contribution < -0.4 is 9.80 Å². The molecule has 0 spiro atoms. The number of likely N-dealkylation sites (N-methyl/N-ethyl adjacent to an activating group) is 2. The fraction of sp³-hybridized carbons (Fsp3) is 0.500. The molecule has 1 atom stereocenters. The van der Waals surface area contributed by atoms with Crippen LogP contribution in [0.5, 0.6) is 0 Å². The van der Waals surface area contributed by atoms with E-state index in [1.165, 1.54) is 31.7 Å². The Bertz CT molecular complexity index is 328. The van der Waals surface area contributed by atoms with Crippen molar-refractivity contribution < 1.29 is 9.80 Å². The van der Waals surface area contributed by atoms with E-state index in [-0.39, 0.29) is 0 Å². The number of nitrogens with one attached hydrogen (secondary N) is 2. The van der Waals surface area contributed by atoms with E-state index in [0.29, 0.717) is 0 Å². The molecule has 0 radical (unpaired) electrons. The van der Waals surface area contributed by atoms with E-state index >= 15 is 0 Å². The Morgan fingerprint density at radius 2 is 1.67 bits per heavy atom. The van der Waals surface area contributed by atoms with E-state index in [1.807, 2.05) is 0 Å². The number of hydrogen-bond acceptors (Lipinski definition) is 0. The molecular formula is C16H28N2+2. The summed E-state index contributed by atoms with van der Waals surface area (Å²) < 4.78 is 0. The summed E-state index contributed by atoms with van der Waals surface area (Å²) in [5.41, 5.74) is 1.29. The molecule has 0 amide bonds. The standard InChI is InChI=1S/C16H26N2/c1-4-18(5-2)15-14-17(3)13-9-12-16-10-7-6-8-11-16/h6-12H,4-5,13-15H2,1-3H3/p+2/b12-9+. The largest absolute Gasteiger partial charge is 0.331 e. The molecule has 1 rings (SSSR count). The summed E-state index contributed by atoms with van der Waals surface area (Å²) in [4.78, 5) is 3.28. The molecule has 0 aliphatic carbocycles. The summed E-state index contributed by atoms with van der Waals surface area (Å²) in [6.07, 6.45) is 4.50. The van der Waals surface area contributed by atoms with Gasteiger partial charge in [0.15, 0.2) is 0 Å². The van der Waals surface area contributed by atoms with Crippen molar-refractivity contribution in [2.75, 3.05) is 39.8 Å². The molecule has 0 saturated heterocycles. The van der Waals surface area contributed by atoms with Gasteiger partial charge in [-0.05, 0) is 25.5 Å². The third-order valence-electron chi connectivity index (χ3n) is 3.48. The second-order valence-corrected chi connectivity index (χ2v) is 4.93. The molecule has 2 N–H and O–H groups in total. The highest BCUT2D eigenvalue weighted by Gasteiger charge is 2.06. The molecule has 0 saturated carbocycles. The average Bonchev–Trinajstić information content (AvgIpc) is 2.41. The summed E-state index contributed by atoms with van der Waals surface area (Å²) in [5.74, 6) is 0. The molecule has 18 heavy (non-hydrogen) atoms. The van der Waals surface area contributed by atoms with Gasteiger partial charge in [-0.15, -0.1) is 0 Å². The summed E-state index contributed by atoms with van der Waals surface area (Å²) >= 11 is 0. The lowest BCUT2D eigenvalue weighted by Crippen LogP contribution is -3.18. The van der Waals surface area contributed by atoms with Crippen LogP contribution in [0.25, 0.3) is 6.08 Å². The lowest BCUT2D eigenvalue weighted by molar-refractivity contribution is -0.944. The van der Waals surface area contributed by atoms with Crippen molar-refractivity contribution in [3.05, 3.63) is 42.0 Å². The van der Waals surface area contributed by atoms with Crippen LogP contribution in [-0.4, -0.2) is 39.8 Å². The molecule has 0 heterocycles. The second kappa shape index (κ2) is 8.90. The lowest BCUT2D eigenvalue weighted by atomic mass is 10.2. The second-order valence-electron chi connectivity index (χ2n) is 4.93. The fourth-order valence-electron chi connectivity index (χ4n) is 2.06. The summed E-state index contributed by atoms with van der Waals surface area (Å²) in [6, 6.07) is 10.5. The first kappa shape index (κ1) is 14.9. The van der Waals surface area contributed by atoms with Crippen molar-refractivity contribution in [3.63, 3.8) is 0 Å². The SMILES string of the molecule is CC[NH+](CC)CC[NH+](C)C/C=C/c1ccccc1. The van der Waals surface area contributed by atoms with Crippen LogP contribution in [0.3, 0.4) is 0 Å². The predicted octanol–water partition coefficient (Wildman–Crippen LogP) is 0.139. The molecular weight excluding hydrogens is 220 g/mol. The van der Waals surface area contributed by atoms with Crippen LogP contribution in [0.4, 0.5) is 0 Å². The Kier molecular flexibility index (Phi) is 7.38. The van der Waals surface area contributed by atoms with Crippen molar-refractivity contribution >= 4 is 6.08 Å². The van der Waals surface area contributed by atoms with E-state index in [0.717, 1.165) is 6.54 Å². The molecule has 0 aromatic heterocycles.